The molecule has 41 heavy (non-hydrogen) atoms. The van der Waals surface area contributed by atoms with Gasteiger partial charge in [0.2, 0.25) is 5.91 Å². The number of carbonyl (C=O) groups excluding carboxylic acids is 1. The van der Waals surface area contributed by atoms with Gasteiger partial charge in [0, 0.05) is 56.6 Å². The molecule has 0 saturated carbocycles. The molecule has 0 atom stereocenters. The van der Waals surface area contributed by atoms with E-state index in [9.17, 15) is 4.79 Å². The van der Waals surface area contributed by atoms with Gasteiger partial charge in [-0.15, -0.1) is 0 Å². The average molecular weight is 580 g/mol. The number of aromatic amines is 1. The van der Waals surface area contributed by atoms with Crippen molar-refractivity contribution in [3.8, 4) is 0 Å². The number of ether oxygens (including phenoxy) is 1. The van der Waals surface area contributed by atoms with Crippen LogP contribution in [0.2, 0.25) is 5.02 Å². The van der Waals surface area contributed by atoms with Crippen LogP contribution in [0, 0.1) is 20.8 Å². The van der Waals surface area contributed by atoms with Gasteiger partial charge >= 0.3 is 0 Å². The van der Waals surface area contributed by atoms with E-state index in [1.807, 2.05) is 19.1 Å². The highest BCUT2D eigenvalue weighted by Gasteiger charge is 2.26. The number of aryl methyl sites for hydroxylation is 4. The summed E-state index contributed by atoms with van der Waals surface area (Å²) in [4.78, 5) is 22.1. The second-order valence-electron chi connectivity index (χ2n) is 11.2. The van der Waals surface area contributed by atoms with Crippen LogP contribution in [0.15, 0.2) is 24.3 Å². The lowest BCUT2D eigenvalue weighted by molar-refractivity contribution is -0.132. The molecule has 0 unspecified atom stereocenters. The van der Waals surface area contributed by atoms with Crippen molar-refractivity contribution in [2.75, 3.05) is 56.6 Å². The normalized spacial score (nSPS) is 16.7. The summed E-state index contributed by atoms with van der Waals surface area (Å²) in [6, 6.07) is 8.41. The highest BCUT2D eigenvalue weighted by atomic mass is 35.5. The first-order chi connectivity index (χ1) is 19.8. The van der Waals surface area contributed by atoms with E-state index in [0.717, 1.165) is 88.0 Å². The van der Waals surface area contributed by atoms with Crippen LogP contribution in [0.1, 0.15) is 60.1 Å². The number of likely N-dealkylation sites (tertiary alicyclic amines) is 1. The largest absolute Gasteiger partial charge is 0.379 e. The van der Waals surface area contributed by atoms with Crippen LogP contribution >= 0.6 is 11.6 Å². The number of amides is 1. The summed E-state index contributed by atoms with van der Waals surface area (Å²) in [6.45, 7) is 14.2. The predicted octanol–water partition coefficient (Wildman–Crippen LogP) is 5.86. The number of carbonyl (C=O) groups is 1. The average Bonchev–Trinajstić information content (AvgIpc) is 3.39. The number of halogens is 1. The Labute approximate surface area is 248 Å². The van der Waals surface area contributed by atoms with Gasteiger partial charge in [0.25, 0.3) is 0 Å². The summed E-state index contributed by atoms with van der Waals surface area (Å²) in [5, 5.41) is 14.5. The third-order valence-electron chi connectivity index (χ3n) is 8.29. The van der Waals surface area contributed by atoms with E-state index in [-0.39, 0.29) is 5.91 Å². The molecule has 0 radical (unpaired) electrons. The molecule has 220 valence electrons. The van der Waals surface area contributed by atoms with Crippen LogP contribution < -0.4 is 10.6 Å². The van der Waals surface area contributed by atoms with Gasteiger partial charge in [0.15, 0.2) is 11.6 Å². The number of hydrogen-bond donors (Lipinski definition) is 3. The number of pyridine rings is 1. The van der Waals surface area contributed by atoms with E-state index >= 15 is 0 Å². The van der Waals surface area contributed by atoms with Crippen molar-refractivity contribution in [1.29, 1.82) is 0 Å². The highest BCUT2D eigenvalue weighted by Crippen LogP contribution is 2.35. The zero-order chi connectivity index (χ0) is 28.9. The van der Waals surface area contributed by atoms with E-state index in [1.165, 1.54) is 16.7 Å². The third-order valence-corrected chi connectivity index (χ3v) is 8.58. The molecule has 3 aromatic rings. The van der Waals surface area contributed by atoms with Crippen molar-refractivity contribution in [2.45, 2.75) is 59.3 Å². The zero-order valence-electron chi connectivity index (χ0n) is 24.6. The highest BCUT2D eigenvalue weighted by molar-refractivity contribution is 6.33. The second kappa shape index (κ2) is 13.2. The fraction of sp³-hybridized carbons (Fsp3) is 0.516. The van der Waals surface area contributed by atoms with Crippen LogP contribution in [0.3, 0.4) is 0 Å². The molecule has 0 spiro atoms. The minimum absolute atomic E-state index is 0.279. The van der Waals surface area contributed by atoms with Gasteiger partial charge < -0.3 is 20.3 Å². The van der Waals surface area contributed by atoms with Crippen LogP contribution in [-0.2, 0) is 16.0 Å². The van der Waals surface area contributed by atoms with Gasteiger partial charge in [-0.3, -0.25) is 14.8 Å². The van der Waals surface area contributed by atoms with E-state index in [1.54, 1.807) is 0 Å². The molecule has 9 nitrogen and oxygen atoms in total. The van der Waals surface area contributed by atoms with Crippen molar-refractivity contribution in [3.05, 3.63) is 57.2 Å². The number of hydrogen-bond acceptors (Lipinski definition) is 7. The molecular weight excluding hydrogens is 538 g/mol. The molecule has 0 bridgehead atoms. The molecule has 4 heterocycles. The quantitative estimate of drug-likeness (QED) is 0.292. The molecule has 0 aliphatic carbocycles. The molecule has 2 aliphatic heterocycles. The van der Waals surface area contributed by atoms with Gasteiger partial charge in [0.05, 0.1) is 18.2 Å². The third kappa shape index (κ3) is 7.20. The summed E-state index contributed by atoms with van der Waals surface area (Å²) in [6.07, 6.45) is 3.39. The smallest absolute Gasteiger partial charge is 0.223 e. The Kier molecular flexibility index (Phi) is 9.47. The number of H-pyrrole nitrogens is 1. The van der Waals surface area contributed by atoms with Crippen molar-refractivity contribution in [3.63, 3.8) is 0 Å². The standard InChI is InChI=1S/C31H42ClN7O2/c1-5-23-19-26(32)31(34-28-18-22(4)36-37-28)35-30(23)33-27-17-20(2)25(16-21(27)3)24-6-10-39(11-7-24)29(40)8-9-38-12-14-41-15-13-38/h16-19,24H,5-15H2,1-4H3,(H3,33,34,35,36,37). The van der Waals surface area contributed by atoms with Gasteiger partial charge in [-0.25, -0.2) is 4.98 Å². The molecule has 2 saturated heterocycles. The second-order valence-corrected chi connectivity index (χ2v) is 11.7. The number of anilines is 4. The number of aromatic nitrogens is 3. The minimum atomic E-state index is 0.279. The number of rotatable bonds is 9. The molecule has 2 fully saturated rings. The summed E-state index contributed by atoms with van der Waals surface area (Å²) < 4.78 is 5.42. The maximum Gasteiger partial charge on any atom is 0.223 e. The minimum Gasteiger partial charge on any atom is -0.379 e. The van der Waals surface area contributed by atoms with Gasteiger partial charge in [-0.05, 0) is 80.3 Å². The molecule has 10 heteroatoms. The molecular formula is C31H42ClN7O2. The Morgan fingerprint density at radius 3 is 2.46 bits per heavy atom. The fourth-order valence-electron chi connectivity index (χ4n) is 5.81. The number of piperidine rings is 1. The first-order valence-electron chi connectivity index (χ1n) is 14.7. The zero-order valence-corrected chi connectivity index (χ0v) is 25.4. The van der Waals surface area contributed by atoms with Crippen LogP contribution in [-0.4, -0.2) is 76.8 Å². The predicted molar refractivity (Wildman–Crippen MR) is 165 cm³/mol. The van der Waals surface area contributed by atoms with Crippen LogP contribution in [0.5, 0.6) is 0 Å². The summed E-state index contributed by atoms with van der Waals surface area (Å²) in [5.41, 5.74) is 6.85. The number of nitrogens with zero attached hydrogens (tertiary/aromatic N) is 4. The van der Waals surface area contributed by atoms with Crippen molar-refractivity contribution in [2.24, 2.45) is 0 Å². The van der Waals surface area contributed by atoms with E-state index in [2.05, 4.69) is 63.5 Å². The summed E-state index contributed by atoms with van der Waals surface area (Å²) in [5.74, 6) is 2.76. The monoisotopic (exact) mass is 579 g/mol. The lowest BCUT2D eigenvalue weighted by atomic mass is 9.85. The van der Waals surface area contributed by atoms with Gasteiger partial charge in [0.1, 0.15) is 5.82 Å². The Balaban J connectivity index is 1.23. The van der Waals surface area contributed by atoms with Crippen molar-refractivity contribution >= 4 is 40.6 Å². The maximum atomic E-state index is 12.9. The Morgan fingerprint density at radius 1 is 1.02 bits per heavy atom. The van der Waals surface area contributed by atoms with Gasteiger partial charge in [-0.2, -0.15) is 5.10 Å². The SMILES string of the molecule is CCc1cc(Cl)c(Nc2cc(C)[nH]n2)nc1Nc1cc(C)c(C2CCN(C(=O)CCN3CCOCC3)CC2)cc1C. The van der Waals surface area contributed by atoms with Gasteiger partial charge in [-0.1, -0.05) is 24.6 Å². The lowest BCUT2D eigenvalue weighted by Crippen LogP contribution is -2.42. The lowest BCUT2D eigenvalue weighted by Gasteiger charge is -2.34. The van der Waals surface area contributed by atoms with Crippen LogP contribution in [0.25, 0.3) is 0 Å². The molecule has 2 aromatic heterocycles. The van der Waals surface area contributed by atoms with Crippen molar-refractivity contribution in [1.82, 2.24) is 25.0 Å². The van der Waals surface area contributed by atoms with E-state index < -0.39 is 0 Å². The molecule has 1 aromatic carbocycles. The Morgan fingerprint density at radius 2 is 1.78 bits per heavy atom. The van der Waals surface area contributed by atoms with Crippen LogP contribution in [0.4, 0.5) is 23.1 Å². The van der Waals surface area contributed by atoms with Crippen molar-refractivity contribution < 1.29 is 9.53 Å². The van der Waals surface area contributed by atoms with E-state index in [0.29, 0.717) is 29.0 Å². The topological polar surface area (TPSA) is 98.4 Å². The summed E-state index contributed by atoms with van der Waals surface area (Å²) >= 11 is 6.56. The fourth-order valence-corrected chi connectivity index (χ4v) is 6.03. The first kappa shape index (κ1) is 29.4. The number of nitrogens with one attached hydrogen (secondary N) is 3. The Bertz CT molecular complexity index is 1360. The number of morpholine rings is 1. The molecule has 3 N–H and O–H groups in total. The van der Waals surface area contributed by atoms with E-state index in [4.69, 9.17) is 21.3 Å². The summed E-state index contributed by atoms with van der Waals surface area (Å²) in [7, 11) is 0. The number of benzene rings is 1. The first-order valence-corrected chi connectivity index (χ1v) is 15.1. The molecule has 5 rings (SSSR count). The maximum absolute atomic E-state index is 12.9. The molecule has 1 amide bonds. The Hall–Kier alpha value is -3.14. The molecule has 2 aliphatic rings.